The number of nitrogens with zero attached hydrogens (tertiary/aromatic N) is 2. The third kappa shape index (κ3) is 2.35. The largest absolute Gasteiger partial charge is 0.367 e. The summed E-state index contributed by atoms with van der Waals surface area (Å²) in [5.74, 6) is 1.26. The van der Waals surface area contributed by atoms with Gasteiger partial charge in [-0.25, -0.2) is 9.97 Å². The van der Waals surface area contributed by atoms with E-state index in [1.165, 1.54) is 12.8 Å². The molecular weight excluding hydrogens is 222 g/mol. The molecule has 4 nitrogen and oxygen atoms in total. The Morgan fingerprint density at radius 2 is 2.06 bits per heavy atom. The molecular formula is C11H15N3OS. The van der Waals surface area contributed by atoms with Crippen LogP contribution in [0.3, 0.4) is 0 Å². The van der Waals surface area contributed by atoms with Gasteiger partial charge in [-0.2, -0.15) is 0 Å². The van der Waals surface area contributed by atoms with Crippen molar-refractivity contribution in [1.82, 2.24) is 9.97 Å². The second-order valence-electron chi connectivity index (χ2n) is 4.10. The van der Waals surface area contributed by atoms with E-state index in [0.29, 0.717) is 28.3 Å². The summed E-state index contributed by atoms with van der Waals surface area (Å²) in [5, 5.41) is 3.76. The molecule has 86 valence electrons. The van der Waals surface area contributed by atoms with E-state index in [-0.39, 0.29) is 0 Å². The molecule has 0 unspecified atom stereocenters. The van der Waals surface area contributed by atoms with Crippen molar-refractivity contribution >= 4 is 24.7 Å². The second-order valence-corrected chi connectivity index (χ2v) is 4.52. The molecule has 1 saturated carbocycles. The van der Waals surface area contributed by atoms with Crippen molar-refractivity contribution in [3.8, 4) is 0 Å². The lowest BCUT2D eigenvalue weighted by atomic mass is 10.2. The monoisotopic (exact) mass is 237 g/mol. The van der Waals surface area contributed by atoms with Gasteiger partial charge in [-0.1, -0.05) is 12.8 Å². The second kappa shape index (κ2) is 4.82. The fourth-order valence-corrected chi connectivity index (χ4v) is 2.35. The fourth-order valence-electron chi connectivity index (χ4n) is 2.05. The van der Waals surface area contributed by atoms with Gasteiger partial charge in [0.25, 0.3) is 0 Å². The lowest BCUT2D eigenvalue weighted by molar-refractivity contribution is 0.112. The average molecular weight is 237 g/mol. The van der Waals surface area contributed by atoms with Crippen LogP contribution in [0.25, 0.3) is 0 Å². The van der Waals surface area contributed by atoms with Crippen molar-refractivity contribution < 1.29 is 4.79 Å². The summed E-state index contributed by atoms with van der Waals surface area (Å²) in [7, 11) is 0. The number of aldehydes is 1. The van der Waals surface area contributed by atoms with Crippen LogP contribution in [0.4, 0.5) is 5.82 Å². The lowest BCUT2D eigenvalue weighted by Crippen LogP contribution is -2.18. The Hall–Kier alpha value is -1.10. The number of hydrogen-bond acceptors (Lipinski definition) is 5. The van der Waals surface area contributed by atoms with Crippen LogP contribution < -0.4 is 5.32 Å². The van der Waals surface area contributed by atoms with Crippen LogP contribution >= 0.6 is 12.6 Å². The van der Waals surface area contributed by atoms with Gasteiger partial charge >= 0.3 is 0 Å². The van der Waals surface area contributed by atoms with Gasteiger partial charge in [0.1, 0.15) is 16.7 Å². The van der Waals surface area contributed by atoms with Crippen LogP contribution in [0, 0.1) is 6.92 Å². The molecule has 1 aliphatic carbocycles. The van der Waals surface area contributed by atoms with Crippen LogP contribution in [-0.4, -0.2) is 22.3 Å². The molecule has 16 heavy (non-hydrogen) atoms. The molecule has 0 amide bonds. The van der Waals surface area contributed by atoms with E-state index in [1.807, 2.05) is 0 Å². The SMILES string of the molecule is Cc1nc(S)c(C=O)c(NC2CCCC2)n1. The van der Waals surface area contributed by atoms with Gasteiger partial charge in [0.2, 0.25) is 0 Å². The predicted molar refractivity (Wildman–Crippen MR) is 65.3 cm³/mol. The number of aryl methyl sites for hydroxylation is 1. The summed E-state index contributed by atoms with van der Waals surface area (Å²) in [6.45, 7) is 1.80. The first-order chi connectivity index (χ1) is 7.70. The van der Waals surface area contributed by atoms with Crippen molar-refractivity contribution in [2.45, 2.75) is 43.7 Å². The van der Waals surface area contributed by atoms with Gasteiger partial charge in [-0.3, -0.25) is 4.79 Å². The first kappa shape index (κ1) is 11.4. The van der Waals surface area contributed by atoms with Crippen molar-refractivity contribution in [2.75, 3.05) is 5.32 Å². The van der Waals surface area contributed by atoms with E-state index >= 15 is 0 Å². The van der Waals surface area contributed by atoms with Crippen molar-refractivity contribution in [2.24, 2.45) is 0 Å². The molecule has 1 N–H and O–H groups in total. The molecule has 0 bridgehead atoms. The molecule has 1 aromatic heterocycles. The molecule has 2 rings (SSSR count). The number of rotatable bonds is 3. The van der Waals surface area contributed by atoms with Crippen LogP contribution in [0.2, 0.25) is 0 Å². The molecule has 1 aliphatic rings. The number of anilines is 1. The van der Waals surface area contributed by atoms with E-state index in [0.717, 1.165) is 19.1 Å². The third-order valence-corrected chi connectivity index (χ3v) is 3.19. The smallest absolute Gasteiger partial charge is 0.156 e. The van der Waals surface area contributed by atoms with E-state index in [4.69, 9.17) is 0 Å². The van der Waals surface area contributed by atoms with Crippen molar-refractivity contribution in [3.05, 3.63) is 11.4 Å². The average Bonchev–Trinajstić information content (AvgIpc) is 2.70. The summed E-state index contributed by atoms with van der Waals surface area (Å²) in [6, 6.07) is 0.431. The maximum atomic E-state index is 11.0. The van der Waals surface area contributed by atoms with Crippen molar-refractivity contribution in [3.63, 3.8) is 0 Å². The number of hydrogen-bond donors (Lipinski definition) is 2. The molecule has 1 aromatic rings. The zero-order valence-corrected chi connectivity index (χ0v) is 10.1. The Kier molecular flexibility index (Phi) is 3.43. The standard InChI is InChI=1S/C11H15N3OS/c1-7-12-10(9(6-15)11(16)13-7)14-8-4-2-3-5-8/h6,8H,2-5H2,1H3,(H2,12,13,14,16). The topological polar surface area (TPSA) is 54.9 Å². The maximum Gasteiger partial charge on any atom is 0.156 e. The third-order valence-electron chi connectivity index (χ3n) is 2.85. The number of aromatic nitrogens is 2. The van der Waals surface area contributed by atoms with Gasteiger partial charge in [-0.05, 0) is 19.8 Å². The summed E-state index contributed by atoms with van der Waals surface area (Å²) in [5.41, 5.74) is 0.459. The quantitative estimate of drug-likeness (QED) is 0.481. The van der Waals surface area contributed by atoms with Crippen LogP contribution in [0.1, 0.15) is 41.9 Å². The highest BCUT2D eigenvalue weighted by Gasteiger charge is 2.18. The molecule has 1 heterocycles. The summed E-state index contributed by atoms with van der Waals surface area (Å²) in [4.78, 5) is 19.3. The van der Waals surface area contributed by atoms with Crippen LogP contribution in [0.15, 0.2) is 5.03 Å². The Labute approximate surface area is 100 Å². The molecule has 0 atom stereocenters. The van der Waals surface area contributed by atoms with Gasteiger partial charge < -0.3 is 5.32 Å². The number of thiol groups is 1. The minimum Gasteiger partial charge on any atom is -0.367 e. The molecule has 1 fully saturated rings. The van der Waals surface area contributed by atoms with Crippen molar-refractivity contribution in [1.29, 1.82) is 0 Å². The number of carbonyl (C=O) groups is 1. The minimum atomic E-state index is 0.431. The maximum absolute atomic E-state index is 11.0. The summed E-state index contributed by atoms with van der Waals surface area (Å²) >= 11 is 4.19. The Balaban J connectivity index is 2.26. The van der Waals surface area contributed by atoms with Crippen LogP contribution in [0.5, 0.6) is 0 Å². The van der Waals surface area contributed by atoms with E-state index < -0.39 is 0 Å². The summed E-state index contributed by atoms with van der Waals surface area (Å²) in [6.07, 6.45) is 5.53. The van der Waals surface area contributed by atoms with Crippen LogP contribution in [-0.2, 0) is 0 Å². The van der Waals surface area contributed by atoms with E-state index in [1.54, 1.807) is 6.92 Å². The molecule has 0 spiro atoms. The van der Waals surface area contributed by atoms with Gasteiger partial charge in [0.05, 0.1) is 5.56 Å². The number of nitrogens with one attached hydrogen (secondary N) is 1. The molecule has 5 heteroatoms. The van der Waals surface area contributed by atoms with E-state index in [9.17, 15) is 4.79 Å². The van der Waals surface area contributed by atoms with Gasteiger partial charge in [0.15, 0.2) is 6.29 Å². The lowest BCUT2D eigenvalue weighted by Gasteiger charge is -2.15. The molecule has 0 radical (unpaired) electrons. The molecule has 0 saturated heterocycles. The number of carbonyl (C=O) groups excluding carboxylic acids is 1. The zero-order valence-electron chi connectivity index (χ0n) is 9.23. The Bertz CT molecular complexity index is 402. The minimum absolute atomic E-state index is 0.431. The first-order valence-electron chi connectivity index (χ1n) is 5.50. The van der Waals surface area contributed by atoms with E-state index in [2.05, 4.69) is 27.9 Å². The Morgan fingerprint density at radius 1 is 1.38 bits per heavy atom. The molecule has 0 aliphatic heterocycles. The normalized spacial score (nSPS) is 16.4. The first-order valence-corrected chi connectivity index (χ1v) is 5.94. The summed E-state index contributed by atoms with van der Waals surface area (Å²) < 4.78 is 0. The molecule has 0 aromatic carbocycles. The highest BCUT2D eigenvalue weighted by Crippen LogP contribution is 2.24. The zero-order chi connectivity index (χ0) is 11.5. The van der Waals surface area contributed by atoms with Gasteiger partial charge in [-0.15, -0.1) is 12.6 Å². The highest BCUT2D eigenvalue weighted by atomic mass is 32.1. The fraction of sp³-hybridized carbons (Fsp3) is 0.545. The predicted octanol–water partition coefficient (Wildman–Crippen LogP) is 2.24. The van der Waals surface area contributed by atoms with Gasteiger partial charge in [0, 0.05) is 6.04 Å². The highest BCUT2D eigenvalue weighted by molar-refractivity contribution is 7.80. The Morgan fingerprint density at radius 3 is 2.69 bits per heavy atom.